The summed E-state index contributed by atoms with van der Waals surface area (Å²) in [7, 11) is 0. The fourth-order valence-electron chi connectivity index (χ4n) is 1.13. The second-order valence-electron chi connectivity index (χ2n) is 2.93. The lowest BCUT2D eigenvalue weighted by Gasteiger charge is -2.08. The van der Waals surface area contributed by atoms with Crippen molar-refractivity contribution in [1.82, 2.24) is 4.98 Å². The van der Waals surface area contributed by atoms with Gasteiger partial charge < -0.3 is 20.3 Å². The van der Waals surface area contributed by atoms with Gasteiger partial charge in [0.05, 0.1) is 26.4 Å². The van der Waals surface area contributed by atoms with E-state index in [9.17, 15) is 0 Å². The molecule has 0 aliphatic carbocycles. The summed E-state index contributed by atoms with van der Waals surface area (Å²) < 4.78 is 5.08. The lowest BCUT2D eigenvalue weighted by atomic mass is 10.3. The quantitative estimate of drug-likeness (QED) is 0.554. The molecule has 0 bridgehead atoms. The molecule has 5 nitrogen and oxygen atoms in total. The number of nitrogens with one attached hydrogen (secondary N) is 1. The molecule has 0 radical (unpaired) electrons. The highest BCUT2D eigenvalue weighted by molar-refractivity contribution is 5.42. The molecule has 1 rings (SSSR count). The molecule has 0 aliphatic heterocycles. The van der Waals surface area contributed by atoms with Crippen LogP contribution in [0, 0.1) is 0 Å². The highest BCUT2D eigenvalue weighted by Crippen LogP contribution is 2.10. The van der Waals surface area contributed by atoms with E-state index < -0.39 is 0 Å². The maximum atomic E-state index is 9.01. The second-order valence-corrected chi connectivity index (χ2v) is 2.93. The van der Waals surface area contributed by atoms with Crippen LogP contribution in [-0.2, 0) is 11.3 Å². The van der Waals surface area contributed by atoms with Crippen LogP contribution in [0.15, 0.2) is 18.3 Å². The summed E-state index contributed by atoms with van der Waals surface area (Å²) in [5.74, 6) is 0.674. The summed E-state index contributed by atoms with van der Waals surface area (Å²) in [6.07, 6.45) is 1.66. The van der Waals surface area contributed by atoms with Crippen LogP contribution in [0.2, 0.25) is 0 Å². The molecule has 1 heterocycles. The largest absolute Gasteiger partial charge is 0.394 e. The van der Waals surface area contributed by atoms with E-state index in [0.29, 0.717) is 25.6 Å². The van der Waals surface area contributed by atoms with Gasteiger partial charge in [-0.15, -0.1) is 0 Å². The Morgan fingerprint density at radius 1 is 1.33 bits per heavy atom. The molecule has 1 aromatic heterocycles. The molecule has 84 valence electrons. The van der Waals surface area contributed by atoms with Crippen molar-refractivity contribution in [3.63, 3.8) is 0 Å². The molecule has 0 saturated heterocycles. The van der Waals surface area contributed by atoms with Crippen molar-refractivity contribution in [3.05, 3.63) is 23.9 Å². The molecule has 5 heteroatoms. The maximum absolute atomic E-state index is 9.01. The normalized spacial score (nSPS) is 10.3. The summed E-state index contributed by atoms with van der Waals surface area (Å²) in [5.41, 5.74) is 0.764. The van der Waals surface area contributed by atoms with Crippen LogP contribution in [0.4, 0.5) is 5.82 Å². The predicted octanol–water partition coefficient (Wildman–Crippen LogP) is -0.00530. The Hall–Kier alpha value is -1.17. The van der Waals surface area contributed by atoms with Gasteiger partial charge in [-0.2, -0.15) is 0 Å². The van der Waals surface area contributed by atoms with Gasteiger partial charge in [-0.05, 0) is 6.07 Å². The molecule has 0 amide bonds. The molecule has 0 atom stereocenters. The Morgan fingerprint density at radius 3 is 2.93 bits per heavy atom. The van der Waals surface area contributed by atoms with Gasteiger partial charge in [0.15, 0.2) is 0 Å². The van der Waals surface area contributed by atoms with E-state index in [4.69, 9.17) is 14.9 Å². The molecule has 0 aliphatic rings. The average Bonchev–Trinajstić information content (AvgIpc) is 2.29. The van der Waals surface area contributed by atoms with Crippen LogP contribution in [0.25, 0.3) is 0 Å². The smallest absolute Gasteiger partial charge is 0.131 e. The molecule has 0 saturated carbocycles. The number of anilines is 1. The lowest BCUT2D eigenvalue weighted by molar-refractivity contribution is 0.0991. The fraction of sp³-hybridized carbons (Fsp3) is 0.500. The van der Waals surface area contributed by atoms with Crippen molar-refractivity contribution in [3.8, 4) is 0 Å². The van der Waals surface area contributed by atoms with Crippen LogP contribution in [0.3, 0.4) is 0 Å². The first kappa shape index (κ1) is 11.9. The Bertz CT molecular complexity index is 281. The first-order valence-corrected chi connectivity index (χ1v) is 4.85. The first-order valence-electron chi connectivity index (χ1n) is 4.85. The predicted molar refractivity (Wildman–Crippen MR) is 56.6 cm³/mol. The summed E-state index contributed by atoms with van der Waals surface area (Å²) in [6.45, 7) is 1.45. The van der Waals surface area contributed by atoms with Crippen molar-refractivity contribution in [2.45, 2.75) is 6.61 Å². The number of ether oxygens (including phenoxy) is 1. The van der Waals surface area contributed by atoms with Gasteiger partial charge in [-0.3, -0.25) is 0 Å². The van der Waals surface area contributed by atoms with Crippen LogP contribution in [0.5, 0.6) is 0 Å². The van der Waals surface area contributed by atoms with Gasteiger partial charge in [0, 0.05) is 18.3 Å². The number of nitrogens with zero attached hydrogens (tertiary/aromatic N) is 1. The number of aliphatic hydroxyl groups is 2. The van der Waals surface area contributed by atoms with Crippen molar-refractivity contribution in [2.24, 2.45) is 0 Å². The number of pyridine rings is 1. The fourth-order valence-corrected chi connectivity index (χ4v) is 1.13. The van der Waals surface area contributed by atoms with Gasteiger partial charge >= 0.3 is 0 Å². The van der Waals surface area contributed by atoms with Crippen LogP contribution in [0.1, 0.15) is 5.56 Å². The van der Waals surface area contributed by atoms with Crippen LogP contribution in [-0.4, -0.2) is 41.6 Å². The highest BCUT2D eigenvalue weighted by atomic mass is 16.5. The standard InChI is InChI=1S/C10H16N2O3/c13-5-7-15-6-4-12-10-9(8-14)2-1-3-11-10/h1-3,13-14H,4-8H2,(H,11,12). The number of hydrogen-bond donors (Lipinski definition) is 3. The van der Waals surface area contributed by atoms with E-state index in [1.54, 1.807) is 12.3 Å². The molecule has 15 heavy (non-hydrogen) atoms. The second kappa shape index (κ2) is 7.17. The molecule has 0 spiro atoms. The monoisotopic (exact) mass is 212 g/mol. The average molecular weight is 212 g/mol. The molecule has 1 aromatic rings. The molecule has 0 fully saturated rings. The number of aliphatic hydroxyl groups excluding tert-OH is 2. The van der Waals surface area contributed by atoms with E-state index in [1.165, 1.54) is 0 Å². The van der Waals surface area contributed by atoms with Gasteiger partial charge in [0.2, 0.25) is 0 Å². The van der Waals surface area contributed by atoms with Gasteiger partial charge in [0.25, 0.3) is 0 Å². The third kappa shape index (κ3) is 4.24. The van der Waals surface area contributed by atoms with E-state index in [0.717, 1.165) is 5.56 Å². The maximum Gasteiger partial charge on any atom is 0.131 e. The van der Waals surface area contributed by atoms with Crippen molar-refractivity contribution < 1.29 is 14.9 Å². The summed E-state index contributed by atoms with van der Waals surface area (Å²) >= 11 is 0. The zero-order valence-electron chi connectivity index (χ0n) is 8.52. The highest BCUT2D eigenvalue weighted by Gasteiger charge is 2.00. The summed E-state index contributed by atoms with van der Waals surface area (Å²) in [5, 5.41) is 20.5. The van der Waals surface area contributed by atoms with E-state index in [2.05, 4.69) is 10.3 Å². The topological polar surface area (TPSA) is 74.6 Å². The van der Waals surface area contributed by atoms with E-state index >= 15 is 0 Å². The summed E-state index contributed by atoms with van der Waals surface area (Å²) in [6, 6.07) is 3.59. The Morgan fingerprint density at radius 2 is 2.20 bits per heavy atom. The summed E-state index contributed by atoms with van der Waals surface area (Å²) in [4.78, 5) is 4.09. The number of aromatic nitrogens is 1. The minimum atomic E-state index is -0.0341. The van der Waals surface area contributed by atoms with Gasteiger partial charge in [-0.1, -0.05) is 6.07 Å². The lowest BCUT2D eigenvalue weighted by Crippen LogP contribution is -2.13. The Labute approximate surface area is 88.7 Å². The van der Waals surface area contributed by atoms with E-state index in [-0.39, 0.29) is 13.2 Å². The Balaban J connectivity index is 2.30. The molecule has 3 N–H and O–H groups in total. The first-order chi connectivity index (χ1) is 7.38. The van der Waals surface area contributed by atoms with Crippen LogP contribution < -0.4 is 5.32 Å². The van der Waals surface area contributed by atoms with Crippen LogP contribution >= 0.6 is 0 Å². The molecular formula is C10H16N2O3. The van der Waals surface area contributed by atoms with Gasteiger partial charge in [-0.25, -0.2) is 4.98 Å². The molecule has 0 aromatic carbocycles. The number of hydrogen-bond acceptors (Lipinski definition) is 5. The third-order valence-corrected chi connectivity index (χ3v) is 1.84. The van der Waals surface area contributed by atoms with E-state index in [1.807, 2.05) is 6.07 Å². The van der Waals surface area contributed by atoms with Crippen molar-refractivity contribution in [1.29, 1.82) is 0 Å². The molecular weight excluding hydrogens is 196 g/mol. The Kier molecular flexibility index (Phi) is 5.69. The minimum Gasteiger partial charge on any atom is -0.394 e. The zero-order chi connectivity index (χ0) is 10.9. The zero-order valence-corrected chi connectivity index (χ0v) is 8.52. The molecule has 0 unspecified atom stereocenters. The minimum absolute atomic E-state index is 0.0332. The van der Waals surface area contributed by atoms with Gasteiger partial charge in [0.1, 0.15) is 5.82 Å². The number of rotatable bonds is 7. The SMILES string of the molecule is OCCOCCNc1ncccc1CO. The van der Waals surface area contributed by atoms with Crippen molar-refractivity contribution in [2.75, 3.05) is 31.7 Å². The third-order valence-electron chi connectivity index (χ3n) is 1.84. The van der Waals surface area contributed by atoms with Crippen molar-refractivity contribution >= 4 is 5.82 Å².